The molecule has 0 atom stereocenters. The third kappa shape index (κ3) is 7.60. The summed E-state index contributed by atoms with van der Waals surface area (Å²) in [6, 6.07) is 0. The lowest BCUT2D eigenvalue weighted by Crippen LogP contribution is -2.03. The predicted molar refractivity (Wildman–Crippen MR) is 81.0 cm³/mol. The van der Waals surface area contributed by atoms with E-state index in [1.54, 1.807) is 23.0 Å². The number of hydrogen-bond donors (Lipinski definition) is 0. The molecule has 18 heavy (non-hydrogen) atoms. The topological polar surface area (TPSA) is 34.9 Å². The van der Waals surface area contributed by atoms with Crippen LogP contribution in [-0.2, 0) is 7.05 Å². The Balaban J connectivity index is -0.000000328. The lowest BCUT2D eigenvalue weighted by molar-refractivity contribution is 0.103. The number of carbonyl (C=O) groups excluding carboxylic acids is 1. The van der Waals surface area contributed by atoms with Crippen LogP contribution < -0.4 is 0 Å². The quantitative estimate of drug-likeness (QED) is 0.446. The lowest BCUT2D eigenvalue weighted by atomic mass is 10.2. The summed E-state index contributed by atoms with van der Waals surface area (Å²) in [7, 11) is 1.82. The molecule has 0 spiro atoms. The Bertz CT molecular complexity index is 319. The van der Waals surface area contributed by atoms with Gasteiger partial charge in [0.05, 0.1) is 12.0 Å². The fourth-order valence-electron chi connectivity index (χ4n) is 1.13. The first-order valence-corrected chi connectivity index (χ1v) is 6.31. The van der Waals surface area contributed by atoms with E-state index in [1.807, 2.05) is 48.6 Å². The predicted octanol–water partition coefficient (Wildman–Crippen LogP) is 4.34. The second kappa shape index (κ2) is 15.4. The minimum atomic E-state index is 0.00926. The van der Waals surface area contributed by atoms with Crippen molar-refractivity contribution in [1.29, 1.82) is 0 Å². The van der Waals surface area contributed by atoms with Crippen LogP contribution in [-0.4, -0.2) is 15.3 Å². The Hall–Kier alpha value is -1.64. The normalized spacial score (nSPS) is 8.17. The summed E-state index contributed by atoms with van der Waals surface area (Å²) in [5, 5.41) is 0. The van der Waals surface area contributed by atoms with E-state index in [9.17, 15) is 4.79 Å². The Morgan fingerprint density at radius 1 is 1.28 bits per heavy atom. The molecule has 0 unspecified atom stereocenters. The van der Waals surface area contributed by atoms with Crippen LogP contribution in [0.2, 0.25) is 0 Å². The molecule has 0 aromatic carbocycles. The molecule has 0 radical (unpaired) electrons. The Kier molecular flexibility index (Phi) is 18.5. The van der Waals surface area contributed by atoms with Crippen molar-refractivity contribution in [1.82, 2.24) is 9.55 Å². The van der Waals surface area contributed by atoms with Gasteiger partial charge in [-0.15, -0.1) is 13.2 Å². The van der Waals surface area contributed by atoms with Crippen molar-refractivity contribution in [2.24, 2.45) is 7.05 Å². The van der Waals surface area contributed by atoms with E-state index in [2.05, 4.69) is 18.1 Å². The fourth-order valence-corrected chi connectivity index (χ4v) is 1.13. The monoisotopic (exact) mass is 252 g/mol. The first-order chi connectivity index (χ1) is 8.66. The molecular weight excluding hydrogens is 224 g/mol. The van der Waals surface area contributed by atoms with Crippen molar-refractivity contribution in [2.75, 3.05) is 0 Å². The van der Waals surface area contributed by atoms with Crippen LogP contribution in [0.3, 0.4) is 0 Å². The third-order valence-corrected chi connectivity index (χ3v) is 1.67. The molecule has 0 saturated heterocycles. The molecule has 0 bridgehead atoms. The summed E-state index contributed by atoms with van der Waals surface area (Å²) < 4.78 is 1.73. The first kappa shape index (κ1) is 21.6. The van der Waals surface area contributed by atoms with Crippen LogP contribution in [0.4, 0.5) is 0 Å². The Labute approximate surface area is 112 Å². The van der Waals surface area contributed by atoms with Crippen molar-refractivity contribution in [3.63, 3.8) is 0 Å². The minimum absolute atomic E-state index is 0.00926. The number of hydrogen-bond acceptors (Lipinski definition) is 2. The molecule has 0 aliphatic heterocycles. The molecule has 1 heterocycles. The fraction of sp³-hybridized carbons (Fsp3) is 0.467. The number of allylic oxidation sites excluding steroid dienone is 2. The highest BCUT2D eigenvalue weighted by atomic mass is 16.1. The molecule has 1 aromatic heterocycles. The molecule has 1 rings (SSSR count). The highest BCUT2D eigenvalue weighted by Crippen LogP contribution is 2.05. The van der Waals surface area contributed by atoms with Crippen molar-refractivity contribution in [2.45, 2.75) is 41.5 Å². The molecule has 1 aromatic rings. The molecule has 0 aliphatic carbocycles. The standard InChI is InChI=1S/C9H12N2O.2C2H6.C2H4/c1-4-5-8(12)9-7(2)10-6-11(9)3;3*1-2/h4-6H,1-3H3;2*1-2H3;1-2H2/b5-4-;;;. The zero-order valence-corrected chi connectivity index (χ0v) is 12.9. The van der Waals surface area contributed by atoms with E-state index in [4.69, 9.17) is 0 Å². The summed E-state index contributed by atoms with van der Waals surface area (Å²) in [5.74, 6) is 0.00926. The smallest absolute Gasteiger partial charge is 0.203 e. The largest absolute Gasteiger partial charge is 0.331 e. The summed E-state index contributed by atoms with van der Waals surface area (Å²) in [5.41, 5.74) is 1.44. The second-order valence-corrected chi connectivity index (χ2v) is 2.65. The zero-order valence-electron chi connectivity index (χ0n) is 12.9. The summed E-state index contributed by atoms with van der Waals surface area (Å²) >= 11 is 0. The van der Waals surface area contributed by atoms with Crippen molar-refractivity contribution < 1.29 is 4.79 Å². The van der Waals surface area contributed by atoms with Gasteiger partial charge in [0.1, 0.15) is 5.69 Å². The highest BCUT2D eigenvalue weighted by molar-refractivity contribution is 6.03. The number of rotatable bonds is 2. The average Bonchev–Trinajstić information content (AvgIpc) is 2.76. The van der Waals surface area contributed by atoms with Crippen molar-refractivity contribution in [3.05, 3.63) is 43.0 Å². The van der Waals surface area contributed by atoms with Gasteiger partial charge in [-0.25, -0.2) is 4.98 Å². The van der Waals surface area contributed by atoms with E-state index in [1.165, 1.54) is 0 Å². The van der Waals surface area contributed by atoms with E-state index in [-0.39, 0.29) is 5.78 Å². The van der Waals surface area contributed by atoms with Gasteiger partial charge in [-0.1, -0.05) is 33.8 Å². The van der Waals surface area contributed by atoms with Gasteiger partial charge >= 0.3 is 0 Å². The van der Waals surface area contributed by atoms with Gasteiger partial charge in [0.15, 0.2) is 0 Å². The maximum atomic E-state index is 11.4. The molecule has 3 nitrogen and oxygen atoms in total. The highest BCUT2D eigenvalue weighted by Gasteiger charge is 2.09. The Morgan fingerprint density at radius 3 is 2.00 bits per heavy atom. The van der Waals surface area contributed by atoms with Crippen LogP contribution in [0.15, 0.2) is 31.6 Å². The van der Waals surface area contributed by atoms with Gasteiger partial charge in [-0.05, 0) is 19.9 Å². The third-order valence-electron chi connectivity index (χ3n) is 1.67. The van der Waals surface area contributed by atoms with Crippen LogP contribution >= 0.6 is 0 Å². The number of ketones is 1. The summed E-state index contributed by atoms with van der Waals surface area (Å²) in [4.78, 5) is 15.4. The van der Waals surface area contributed by atoms with Gasteiger partial charge < -0.3 is 4.57 Å². The van der Waals surface area contributed by atoms with E-state index in [0.29, 0.717) is 5.69 Å². The minimum Gasteiger partial charge on any atom is -0.331 e. The zero-order chi connectivity index (χ0) is 15.1. The summed E-state index contributed by atoms with van der Waals surface area (Å²) in [6.45, 7) is 17.7. The summed E-state index contributed by atoms with van der Waals surface area (Å²) in [6.07, 6.45) is 4.92. The van der Waals surface area contributed by atoms with Gasteiger partial charge in [0.2, 0.25) is 5.78 Å². The second-order valence-electron chi connectivity index (χ2n) is 2.65. The van der Waals surface area contributed by atoms with Crippen LogP contribution in [0.1, 0.15) is 50.8 Å². The number of aromatic nitrogens is 2. The molecule has 0 fully saturated rings. The van der Waals surface area contributed by atoms with Gasteiger partial charge in [-0.2, -0.15) is 0 Å². The van der Waals surface area contributed by atoms with Crippen molar-refractivity contribution >= 4 is 5.78 Å². The average molecular weight is 252 g/mol. The van der Waals surface area contributed by atoms with Gasteiger partial charge in [0.25, 0.3) is 0 Å². The van der Waals surface area contributed by atoms with E-state index in [0.717, 1.165) is 5.69 Å². The van der Waals surface area contributed by atoms with Crippen molar-refractivity contribution in [3.8, 4) is 0 Å². The number of aryl methyl sites for hydroxylation is 2. The lowest BCUT2D eigenvalue weighted by Gasteiger charge is -1.97. The van der Waals surface area contributed by atoms with Gasteiger partial charge in [0, 0.05) is 7.05 Å². The maximum absolute atomic E-state index is 11.4. The van der Waals surface area contributed by atoms with Crippen LogP contribution in [0.25, 0.3) is 0 Å². The van der Waals surface area contributed by atoms with E-state index < -0.39 is 0 Å². The molecular formula is C15H28N2O. The number of imidazole rings is 1. The molecule has 0 amide bonds. The number of carbonyl (C=O) groups is 1. The van der Waals surface area contributed by atoms with Crippen LogP contribution in [0.5, 0.6) is 0 Å². The molecule has 0 saturated carbocycles. The SMILES string of the molecule is C/C=C\C(=O)c1c(C)ncn1C.C=C.CC.CC. The molecule has 0 aliphatic rings. The maximum Gasteiger partial charge on any atom is 0.203 e. The van der Waals surface area contributed by atoms with Gasteiger partial charge in [-0.3, -0.25) is 4.79 Å². The molecule has 3 heteroatoms. The van der Waals surface area contributed by atoms with E-state index >= 15 is 0 Å². The molecule has 0 N–H and O–H groups in total. The first-order valence-electron chi connectivity index (χ1n) is 6.31. The molecule has 104 valence electrons. The van der Waals surface area contributed by atoms with Crippen LogP contribution in [0, 0.1) is 6.92 Å². The number of nitrogens with zero attached hydrogens (tertiary/aromatic N) is 2. The Morgan fingerprint density at radius 2 is 1.72 bits per heavy atom.